The van der Waals surface area contributed by atoms with Gasteiger partial charge in [-0.2, -0.15) is 0 Å². The van der Waals surface area contributed by atoms with Gasteiger partial charge < -0.3 is 37.5 Å². The zero-order chi connectivity index (χ0) is 32.0. The Morgan fingerprint density at radius 1 is 1.16 bits per heavy atom. The highest BCUT2D eigenvalue weighted by molar-refractivity contribution is 5.75. The number of rotatable bonds is 10. The number of aromatic amines is 1. The van der Waals surface area contributed by atoms with Crippen molar-refractivity contribution >= 4 is 12.0 Å². The number of β-amino-alcohol motifs (C(OH)–C–C–N with tert-alkyl or cyclic N) is 1. The molecule has 1 atom stereocenters. The van der Waals surface area contributed by atoms with Gasteiger partial charge in [-0.1, -0.05) is 45.0 Å². The Morgan fingerprint density at radius 2 is 1.86 bits per heavy atom. The van der Waals surface area contributed by atoms with Crippen LogP contribution in [0.25, 0.3) is 11.1 Å². The molecule has 0 bridgehead atoms. The maximum atomic E-state index is 12.4. The number of carbonyl (C=O) groups excluding carboxylic acids is 1. The summed E-state index contributed by atoms with van der Waals surface area (Å²) < 4.78 is 0. The molecule has 0 radical (unpaired) electrons. The van der Waals surface area contributed by atoms with E-state index in [0.717, 1.165) is 56.6 Å². The SMILES string of the molecule is CC(C)(C)NC(=O)NC1CCCN(CCO)C1.CC(C)(C)c1ncc(-c2ccc(CNCCCN=C(N)N)cc2)c(=O)[nH]1. The Morgan fingerprint density at radius 3 is 2.44 bits per heavy atom. The van der Waals surface area contributed by atoms with Crippen LogP contribution in [0, 0.1) is 0 Å². The number of carbonyl (C=O) groups is 1. The Bertz CT molecular complexity index is 1210. The van der Waals surface area contributed by atoms with Crippen LogP contribution in [0.1, 0.15) is 72.2 Å². The zero-order valence-electron chi connectivity index (χ0n) is 26.8. The van der Waals surface area contributed by atoms with Crippen LogP contribution in [-0.4, -0.2) is 82.9 Å². The summed E-state index contributed by atoms with van der Waals surface area (Å²) >= 11 is 0. The van der Waals surface area contributed by atoms with Crippen LogP contribution in [0.2, 0.25) is 0 Å². The second-order valence-electron chi connectivity index (χ2n) is 13.0. The van der Waals surface area contributed by atoms with Crippen molar-refractivity contribution in [3.8, 4) is 11.1 Å². The lowest BCUT2D eigenvalue weighted by Crippen LogP contribution is -2.54. The number of guanidine groups is 1. The second kappa shape index (κ2) is 17.0. The fourth-order valence-electron chi connectivity index (χ4n) is 4.51. The molecule has 1 aromatic heterocycles. The molecule has 1 aliphatic rings. The highest BCUT2D eigenvalue weighted by atomic mass is 16.3. The van der Waals surface area contributed by atoms with Crippen LogP contribution in [0.3, 0.4) is 0 Å². The lowest BCUT2D eigenvalue weighted by Gasteiger charge is -2.33. The quantitative estimate of drug-likeness (QED) is 0.123. The molecular weight excluding hydrogens is 546 g/mol. The van der Waals surface area contributed by atoms with E-state index in [-0.39, 0.29) is 41.2 Å². The summed E-state index contributed by atoms with van der Waals surface area (Å²) in [7, 11) is 0. The number of hydrogen-bond acceptors (Lipinski definition) is 7. The van der Waals surface area contributed by atoms with Crippen molar-refractivity contribution in [3.05, 3.63) is 52.2 Å². The van der Waals surface area contributed by atoms with Gasteiger partial charge in [-0.15, -0.1) is 0 Å². The molecular formula is C31H53N9O3. The van der Waals surface area contributed by atoms with E-state index in [4.69, 9.17) is 16.6 Å². The summed E-state index contributed by atoms with van der Waals surface area (Å²) in [5, 5.41) is 18.1. The van der Waals surface area contributed by atoms with Crippen molar-refractivity contribution in [2.75, 3.05) is 39.3 Å². The number of aliphatic imine (C=N–C) groups is 1. The molecule has 12 nitrogen and oxygen atoms in total. The number of nitrogens with zero attached hydrogens (tertiary/aromatic N) is 3. The van der Waals surface area contributed by atoms with Gasteiger partial charge in [-0.3, -0.25) is 14.7 Å². The van der Waals surface area contributed by atoms with Crippen molar-refractivity contribution in [2.24, 2.45) is 16.5 Å². The number of likely N-dealkylation sites (tertiary alicyclic amines) is 1. The monoisotopic (exact) mass is 599 g/mol. The van der Waals surface area contributed by atoms with Gasteiger partial charge in [0, 0.05) is 49.4 Å². The number of nitrogens with one attached hydrogen (secondary N) is 4. The van der Waals surface area contributed by atoms with Crippen molar-refractivity contribution in [2.45, 2.75) is 84.3 Å². The Labute approximate surface area is 256 Å². The number of urea groups is 1. The smallest absolute Gasteiger partial charge is 0.315 e. The van der Waals surface area contributed by atoms with Crippen LogP contribution in [0.15, 0.2) is 40.2 Å². The van der Waals surface area contributed by atoms with Gasteiger partial charge >= 0.3 is 6.03 Å². The van der Waals surface area contributed by atoms with E-state index in [1.165, 1.54) is 0 Å². The highest BCUT2D eigenvalue weighted by Crippen LogP contribution is 2.19. The number of benzene rings is 1. The third-order valence-corrected chi connectivity index (χ3v) is 6.66. The third kappa shape index (κ3) is 14.0. The van der Waals surface area contributed by atoms with Gasteiger partial charge in [0.15, 0.2) is 5.96 Å². The zero-order valence-corrected chi connectivity index (χ0v) is 26.8. The van der Waals surface area contributed by atoms with Gasteiger partial charge in [-0.25, -0.2) is 9.78 Å². The number of piperidine rings is 1. The van der Waals surface area contributed by atoms with Crippen molar-refractivity contribution in [1.29, 1.82) is 0 Å². The fourth-order valence-corrected chi connectivity index (χ4v) is 4.51. The predicted octanol–water partition coefficient (Wildman–Crippen LogP) is 2.03. The van der Waals surface area contributed by atoms with Crippen LogP contribution in [0.4, 0.5) is 4.79 Å². The van der Waals surface area contributed by atoms with Gasteiger partial charge in [0.2, 0.25) is 0 Å². The molecule has 240 valence electrons. The number of aliphatic hydroxyl groups excluding tert-OH is 1. The van der Waals surface area contributed by atoms with E-state index in [1.807, 2.05) is 65.8 Å². The van der Waals surface area contributed by atoms with E-state index in [1.54, 1.807) is 6.20 Å². The van der Waals surface area contributed by atoms with Crippen molar-refractivity contribution in [1.82, 2.24) is 30.8 Å². The van der Waals surface area contributed by atoms with Gasteiger partial charge in [-0.05, 0) is 64.3 Å². The molecule has 12 heteroatoms. The van der Waals surface area contributed by atoms with E-state index in [9.17, 15) is 9.59 Å². The molecule has 0 saturated carbocycles. The average Bonchev–Trinajstić information content (AvgIpc) is 2.90. The molecule has 1 fully saturated rings. The third-order valence-electron chi connectivity index (χ3n) is 6.66. The summed E-state index contributed by atoms with van der Waals surface area (Å²) in [6, 6.07) is 8.00. The fraction of sp³-hybridized carbons (Fsp3) is 0.613. The molecule has 43 heavy (non-hydrogen) atoms. The topological polar surface area (TPSA) is 187 Å². The predicted molar refractivity (Wildman–Crippen MR) is 174 cm³/mol. The number of aromatic nitrogens is 2. The Balaban J connectivity index is 0.000000329. The molecule has 2 amide bonds. The molecule has 2 aromatic rings. The normalized spacial score (nSPS) is 15.7. The first-order valence-corrected chi connectivity index (χ1v) is 15.0. The molecule has 0 aliphatic carbocycles. The first-order valence-electron chi connectivity index (χ1n) is 15.0. The summed E-state index contributed by atoms with van der Waals surface area (Å²) in [4.78, 5) is 37.5. The van der Waals surface area contributed by atoms with E-state index in [0.29, 0.717) is 24.5 Å². The lowest BCUT2D eigenvalue weighted by molar-refractivity contribution is 0.151. The number of nitrogens with two attached hydrogens (primary N) is 2. The average molecular weight is 600 g/mol. The molecule has 1 aromatic carbocycles. The summed E-state index contributed by atoms with van der Waals surface area (Å²) in [6.07, 6.45) is 4.60. The molecule has 2 heterocycles. The van der Waals surface area contributed by atoms with Gasteiger partial charge in [0.1, 0.15) is 5.82 Å². The standard InChI is InChI=1S/C19H28N6O.C12H25N3O2/c1-19(2,3)17-24-12-15(16(26)25-17)14-7-5-13(6-8-14)11-22-9-4-10-23-18(20)21;1-12(2,3)14-11(17)13-10-5-4-6-15(9-10)7-8-16/h5-8,12,22H,4,9-11H2,1-3H3,(H4,20,21,23)(H,24,25,26);10,16H,4-9H2,1-3H3,(H2,13,14,17). The maximum Gasteiger partial charge on any atom is 0.315 e. The van der Waals surface area contributed by atoms with Crippen LogP contribution in [-0.2, 0) is 12.0 Å². The Kier molecular flexibility index (Phi) is 14.1. The molecule has 3 rings (SSSR count). The number of amides is 2. The lowest BCUT2D eigenvalue weighted by atomic mass is 9.95. The van der Waals surface area contributed by atoms with E-state index < -0.39 is 0 Å². The van der Waals surface area contributed by atoms with Crippen LogP contribution < -0.4 is 33.0 Å². The largest absolute Gasteiger partial charge is 0.395 e. The number of aliphatic hydroxyl groups is 1. The molecule has 1 unspecified atom stereocenters. The van der Waals surface area contributed by atoms with E-state index in [2.05, 4.69) is 35.8 Å². The summed E-state index contributed by atoms with van der Waals surface area (Å²) in [6.45, 7) is 16.9. The minimum Gasteiger partial charge on any atom is -0.395 e. The summed E-state index contributed by atoms with van der Waals surface area (Å²) in [5.74, 6) is 0.813. The number of H-pyrrole nitrogens is 1. The minimum absolute atomic E-state index is 0.103. The molecule has 0 spiro atoms. The highest BCUT2D eigenvalue weighted by Gasteiger charge is 2.22. The van der Waals surface area contributed by atoms with E-state index >= 15 is 0 Å². The minimum atomic E-state index is -0.205. The summed E-state index contributed by atoms with van der Waals surface area (Å²) in [5.41, 5.74) is 12.6. The van der Waals surface area contributed by atoms with Gasteiger partial charge in [0.05, 0.1) is 12.2 Å². The van der Waals surface area contributed by atoms with Gasteiger partial charge in [0.25, 0.3) is 5.56 Å². The first kappa shape index (κ1) is 35.7. The molecule has 9 N–H and O–H groups in total. The Hall–Kier alpha value is -3.48. The first-order chi connectivity index (χ1) is 20.2. The van der Waals surface area contributed by atoms with Crippen LogP contribution in [0.5, 0.6) is 0 Å². The molecule has 1 saturated heterocycles. The van der Waals surface area contributed by atoms with Crippen LogP contribution >= 0.6 is 0 Å². The maximum absolute atomic E-state index is 12.4. The van der Waals surface area contributed by atoms with Crippen molar-refractivity contribution in [3.63, 3.8) is 0 Å². The number of hydrogen-bond donors (Lipinski definition) is 7. The molecule has 1 aliphatic heterocycles. The van der Waals surface area contributed by atoms with Crippen molar-refractivity contribution < 1.29 is 9.90 Å². The second-order valence-corrected chi connectivity index (χ2v) is 13.0.